The molecule has 4 nitrogen and oxygen atoms in total. The van der Waals surface area contributed by atoms with E-state index in [0.29, 0.717) is 25.5 Å². The first-order valence-electron chi connectivity index (χ1n) is 6.61. The van der Waals surface area contributed by atoms with Gasteiger partial charge < -0.3 is 14.7 Å². The van der Waals surface area contributed by atoms with Crippen LogP contribution in [0.2, 0.25) is 0 Å². The molecule has 0 bridgehead atoms. The average Bonchev–Trinajstić information content (AvgIpc) is 2.28. The van der Waals surface area contributed by atoms with Gasteiger partial charge in [-0.3, -0.25) is 4.79 Å². The number of carbonyl (C=O) groups excluding carboxylic acids is 1. The van der Waals surface area contributed by atoms with Crippen molar-refractivity contribution in [2.45, 2.75) is 39.7 Å². The van der Waals surface area contributed by atoms with E-state index >= 15 is 0 Å². The fourth-order valence-corrected chi connectivity index (χ4v) is 2.13. The van der Waals surface area contributed by atoms with E-state index in [1.807, 2.05) is 0 Å². The van der Waals surface area contributed by atoms with Crippen molar-refractivity contribution in [3.63, 3.8) is 0 Å². The fourth-order valence-electron chi connectivity index (χ4n) is 2.13. The zero-order valence-corrected chi connectivity index (χ0v) is 11.2. The van der Waals surface area contributed by atoms with E-state index in [2.05, 4.69) is 18.7 Å². The summed E-state index contributed by atoms with van der Waals surface area (Å²) in [6, 6.07) is 0. The van der Waals surface area contributed by atoms with Gasteiger partial charge in [0, 0.05) is 13.1 Å². The van der Waals surface area contributed by atoms with Crippen LogP contribution < -0.4 is 0 Å². The minimum absolute atomic E-state index is 0.255. The Hall–Kier alpha value is -0.610. The molecule has 2 atom stereocenters. The van der Waals surface area contributed by atoms with Gasteiger partial charge in [-0.1, -0.05) is 13.8 Å². The Morgan fingerprint density at radius 1 is 1.53 bits per heavy atom. The van der Waals surface area contributed by atoms with Gasteiger partial charge in [-0.05, 0) is 32.2 Å². The molecule has 0 radical (unpaired) electrons. The van der Waals surface area contributed by atoms with Crippen LogP contribution in [0.3, 0.4) is 0 Å². The van der Waals surface area contributed by atoms with Crippen LogP contribution in [0.15, 0.2) is 0 Å². The van der Waals surface area contributed by atoms with E-state index in [-0.39, 0.29) is 11.9 Å². The number of aliphatic hydroxyl groups is 1. The molecule has 1 heterocycles. The summed E-state index contributed by atoms with van der Waals surface area (Å²) >= 11 is 0. The van der Waals surface area contributed by atoms with Crippen molar-refractivity contribution in [2.24, 2.45) is 11.8 Å². The van der Waals surface area contributed by atoms with Gasteiger partial charge in [-0.25, -0.2) is 0 Å². The summed E-state index contributed by atoms with van der Waals surface area (Å²) in [5.41, 5.74) is 0. The van der Waals surface area contributed by atoms with Gasteiger partial charge >= 0.3 is 5.97 Å². The summed E-state index contributed by atoms with van der Waals surface area (Å²) in [7, 11) is 0. The number of hydrogen-bond donors (Lipinski definition) is 1. The van der Waals surface area contributed by atoms with Crippen LogP contribution in [0, 0.1) is 11.8 Å². The standard InChI is InChI=1S/C13H25NO3/c1-4-17-13(16)11-9-14(7-5-10(2)3)8-6-12(11)15/h10-12,15H,4-9H2,1-3H3. The molecular formula is C13H25NO3. The maximum atomic E-state index is 11.7. The van der Waals surface area contributed by atoms with E-state index < -0.39 is 6.10 Å². The van der Waals surface area contributed by atoms with Crippen molar-refractivity contribution in [1.82, 2.24) is 4.90 Å². The van der Waals surface area contributed by atoms with Crippen molar-refractivity contribution in [1.29, 1.82) is 0 Å². The van der Waals surface area contributed by atoms with E-state index in [1.54, 1.807) is 6.92 Å². The van der Waals surface area contributed by atoms with Crippen molar-refractivity contribution in [2.75, 3.05) is 26.2 Å². The molecule has 1 rings (SSSR count). The second-order valence-electron chi connectivity index (χ2n) is 5.20. The number of hydrogen-bond acceptors (Lipinski definition) is 4. The third-order valence-electron chi connectivity index (χ3n) is 3.27. The van der Waals surface area contributed by atoms with Gasteiger partial charge in [0.2, 0.25) is 0 Å². The van der Waals surface area contributed by atoms with Crippen LogP contribution in [0.25, 0.3) is 0 Å². The molecule has 17 heavy (non-hydrogen) atoms. The lowest BCUT2D eigenvalue weighted by atomic mass is 9.94. The third kappa shape index (κ3) is 4.64. The maximum absolute atomic E-state index is 11.7. The van der Waals surface area contributed by atoms with Crippen molar-refractivity contribution >= 4 is 5.97 Å². The predicted octanol–water partition coefficient (Wildman–Crippen LogP) is 1.28. The number of carbonyl (C=O) groups is 1. The van der Waals surface area contributed by atoms with Crippen LogP contribution in [0.5, 0.6) is 0 Å². The topological polar surface area (TPSA) is 49.8 Å². The monoisotopic (exact) mass is 243 g/mol. The smallest absolute Gasteiger partial charge is 0.312 e. The number of piperidine rings is 1. The van der Waals surface area contributed by atoms with Gasteiger partial charge in [0.15, 0.2) is 0 Å². The predicted molar refractivity (Wildman–Crippen MR) is 66.6 cm³/mol. The molecule has 0 aromatic rings. The summed E-state index contributed by atoms with van der Waals surface area (Å²) in [5, 5.41) is 9.83. The van der Waals surface area contributed by atoms with Crippen LogP contribution >= 0.6 is 0 Å². The number of likely N-dealkylation sites (tertiary alicyclic amines) is 1. The van der Waals surface area contributed by atoms with Gasteiger partial charge in [0.25, 0.3) is 0 Å². The molecule has 0 saturated carbocycles. The van der Waals surface area contributed by atoms with Crippen molar-refractivity contribution < 1.29 is 14.6 Å². The normalized spacial score (nSPS) is 26.2. The van der Waals surface area contributed by atoms with Crippen LogP contribution in [0.4, 0.5) is 0 Å². The molecule has 0 aliphatic carbocycles. The average molecular weight is 243 g/mol. The summed E-state index contributed by atoms with van der Waals surface area (Å²) in [6.45, 7) is 9.08. The molecule has 2 unspecified atom stereocenters. The molecule has 1 saturated heterocycles. The molecule has 1 fully saturated rings. The Labute approximate surface area is 104 Å². The highest BCUT2D eigenvalue weighted by Gasteiger charge is 2.33. The molecule has 0 amide bonds. The fraction of sp³-hybridized carbons (Fsp3) is 0.923. The summed E-state index contributed by atoms with van der Waals surface area (Å²) < 4.78 is 5.00. The summed E-state index contributed by atoms with van der Waals surface area (Å²) in [4.78, 5) is 13.9. The van der Waals surface area contributed by atoms with Gasteiger partial charge in [0.05, 0.1) is 18.6 Å². The zero-order valence-electron chi connectivity index (χ0n) is 11.2. The second-order valence-corrected chi connectivity index (χ2v) is 5.20. The molecule has 1 aliphatic rings. The van der Waals surface area contributed by atoms with E-state index in [0.717, 1.165) is 19.5 Å². The SMILES string of the molecule is CCOC(=O)C1CN(CCC(C)C)CCC1O. The highest BCUT2D eigenvalue weighted by molar-refractivity contribution is 5.73. The second kappa shape index (κ2) is 6.97. The zero-order chi connectivity index (χ0) is 12.8. The van der Waals surface area contributed by atoms with Gasteiger partial charge in [0.1, 0.15) is 0 Å². The number of rotatable bonds is 5. The molecule has 100 valence electrons. The number of ether oxygens (including phenoxy) is 1. The summed E-state index contributed by atoms with van der Waals surface area (Å²) in [5.74, 6) is 0.0491. The first-order valence-corrected chi connectivity index (χ1v) is 6.61. The molecule has 1 N–H and O–H groups in total. The first kappa shape index (κ1) is 14.5. The Balaban J connectivity index is 2.44. The molecule has 0 aromatic heterocycles. The molecule has 4 heteroatoms. The minimum Gasteiger partial charge on any atom is -0.466 e. The van der Waals surface area contributed by atoms with Gasteiger partial charge in [-0.15, -0.1) is 0 Å². The van der Waals surface area contributed by atoms with Crippen LogP contribution in [-0.2, 0) is 9.53 Å². The molecule has 0 spiro atoms. The van der Waals surface area contributed by atoms with E-state index in [9.17, 15) is 9.90 Å². The number of nitrogens with zero attached hydrogens (tertiary/aromatic N) is 1. The van der Waals surface area contributed by atoms with E-state index in [1.165, 1.54) is 0 Å². The van der Waals surface area contributed by atoms with Gasteiger partial charge in [-0.2, -0.15) is 0 Å². The van der Waals surface area contributed by atoms with Crippen molar-refractivity contribution in [3.05, 3.63) is 0 Å². The van der Waals surface area contributed by atoms with E-state index in [4.69, 9.17) is 4.74 Å². The lowest BCUT2D eigenvalue weighted by molar-refractivity contribution is -0.155. The highest BCUT2D eigenvalue weighted by Crippen LogP contribution is 2.19. The molecular weight excluding hydrogens is 218 g/mol. The van der Waals surface area contributed by atoms with Crippen molar-refractivity contribution in [3.8, 4) is 0 Å². The largest absolute Gasteiger partial charge is 0.466 e. The Bertz CT molecular complexity index is 243. The highest BCUT2D eigenvalue weighted by atomic mass is 16.5. The first-order chi connectivity index (χ1) is 8.04. The third-order valence-corrected chi connectivity index (χ3v) is 3.27. The minimum atomic E-state index is -0.538. The molecule has 1 aliphatic heterocycles. The lowest BCUT2D eigenvalue weighted by Gasteiger charge is -2.35. The lowest BCUT2D eigenvalue weighted by Crippen LogP contribution is -2.47. The number of esters is 1. The number of aliphatic hydroxyl groups excluding tert-OH is 1. The Morgan fingerprint density at radius 3 is 2.82 bits per heavy atom. The Morgan fingerprint density at radius 2 is 2.24 bits per heavy atom. The maximum Gasteiger partial charge on any atom is 0.312 e. The van der Waals surface area contributed by atoms with Crippen LogP contribution in [0.1, 0.15) is 33.6 Å². The molecule has 0 aromatic carbocycles. The Kier molecular flexibility index (Phi) is 5.92. The summed E-state index contributed by atoms with van der Waals surface area (Å²) in [6.07, 6.45) is 1.26. The van der Waals surface area contributed by atoms with Crippen LogP contribution in [-0.4, -0.2) is 48.3 Å². The quantitative estimate of drug-likeness (QED) is 0.739.